The molecule has 1 amide bonds. The van der Waals surface area contributed by atoms with Crippen molar-refractivity contribution in [2.45, 2.75) is 6.54 Å². The minimum absolute atomic E-state index is 0.0354. The van der Waals surface area contributed by atoms with Crippen LogP contribution in [0.2, 0.25) is 5.02 Å². The zero-order valence-electron chi connectivity index (χ0n) is 9.98. The molecule has 0 fully saturated rings. The van der Waals surface area contributed by atoms with Crippen LogP contribution in [0.15, 0.2) is 27.5 Å². The van der Waals surface area contributed by atoms with Crippen molar-refractivity contribution in [2.75, 3.05) is 7.05 Å². The molecule has 0 N–H and O–H groups in total. The first-order valence-corrected chi connectivity index (χ1v) is 7.32. The van der Waals surface area contributed by atoms with Crippen molar-refractivity contribution in [3.8, 4) is 0 Å². The highest BCUT2D eigenvalue weighted by Crippen LogP contribution is 2.22. The number of rotatable bonds is 3. The number of halogens is 2. The summed E-state index contributed by atoms with van der Waals surface area (Å²) in [5.74, 6) is -0.0354. The van der Waals surface area contributed by atoms with E-state index in [1.165, 1.54) is 0 Å². The molecule has 2 aromatic heterocycles. The van der Waals surface area contributed by atoms with Gasteiger partial charge in [0.15, 0.2) is 0 Å². The van der Waals surface area contributed by atoms with Gasteiger partial charge < -0.3 is 9.47 Å². The van der Waals surface area contributed by atoms with E-state index in [1.54, 1.807) is 40.1 Å². The molecule has 0 aliphatic heterocycles. The molecule has 0 saturated heterocycles. The summed E-state index contributed by atoms with van der Waals surface area (Å²) >= 11 is 10.9. The molecule has 0 spiro atoms. The maximum absolute atomic E-state index is 12.2. The van der Waals surface area contributed by atoms with Crippen molar-refractivity contribution in [1.82, 2.24) is 9.47 Å². The molecule has 18 heavy (non-hydrogen) atoms. The van der Waals surface area contributed by atoms with Crippen molar-refractivity contribution < 1.29 is 4.79 Å². The Morgan fingerprint density at radius 2 is 2.28 bits per heavy atom. The van der Waals surface area contributed by atoms with Crippen LogP contribution in [0.25, 0.3) is 0 Å². The van der Waals surface area contributed by atoms with Crippen LogP contribution >= 0.6 is 38.9 Å². The molecular formula is C12H12BrClN2OS. The van der Waals surface area contributed by atoms with Crippen LogP contribution < -0.4 is 0 Å². The second kappa shape index (κ2) is 5.47. The van der Waals surface area contributed by atoms with Crippen molar-refractivity contribution in [3.05, 3.63) is 43.8 Å². The Bertz CT molecular complexity index is 578. The number of aryl methyl sites for hydroxylation is 1. The van der Waals surface area contributed by atoms with Crippen LogP contribution in [-0.4, -0.2) is 22.4 Å². The molecule has 6 heteroatoms. The summed E-state index contributed by atoms with van der Waals surface area (Å²) in [6.07, 6.45) is 1.73. The van der Waals surface area contributed by atoms with Gasteiger partial charge in [-0.2, -0.15) is 0 Å². The summed E-state index contributed by atoms with van der Waals surface area (Å²) in [6, 6.07) is 3.70. The number of nitrogens with zero attached hydrogens (tertiary/aromatic N) is 2. The Balaban J connectivity index is 2.11. The van der Waals surface area contributed by atoms with E-state index >= 15 is 0 Å². The second-order valence-corrected chi connectivity index (χ2v) is 6.80. The van der Waals surface area contributed by atoms with Gasteiger partial charge in [0.1, 0.15) is 5.69 Å². The van der Waals surface area contributed by atoms with E-state index in [0.717, 1.165) is 9.35 Å². The molecule has 2 rings (SSSR count). The van der Waals surface area contributed by atoms with Crippen LogP contribution in [0.4, 0.5) is 0 Å². The molecule has 96 valence electrons. The van der Waals surface area contributed by atoms with Crippen molar-refractivity contribution in [1.29, 1.82) is 0 Å². The first-order chi connectivity index (χ1) is 8.47. The summed E-state index contributed by atoms with van der Waals surface area (Å²) in [5, 5.41) is 2.61. The van der Waals surface area contributed by atoms with Crippen LogP contribution in [0.5, 0.6) is 0 Å². The lowest BCUT2D eigenvalue weighted by atomic mass is 10.3. The molecule has 0 saturated carbocycles. The number of hydrogen-bond acceptors (Lipinski definition) is 2. The summed E-state index contributed by atoms with van der Waals surface area (Å²) in [4.78, 5) is 13.9. The zero-order chi connectivity index (χ0) is 13.3. The van der Waals surface area contributed by atoms with E-state index in [-0.39, 0.29) is 5.91 Å². The molecular weight excluding hydrogens is 336 g/mol. The first-order valence-electron chi connectivity index (χ1n) is 5.27. The second-order valence-electron chi connectivity index (χ2n) is 4.07. The van der Waals surface area contributed by atoms with Gasteiger partial charge in [0.05, 0.1) is 8.81 Å². The lowest BCUT2D eigenvalue weighted by molar-refractivity contribution is 0.0776. The van der Waals surface area contributed by atoms with Gasteiger partial charge in [-0.3, -0.25) is 4.79 Å². The largest absolute Gasteiger partial charge is 0.345 e. The van der Waals surface area contributed by atoms with E-state index in [0.29, 0.717) is 17.3 Å². The highest BCUT2D eigenvalue weighted by atomic mass is 79.9. The normalized spacial score (nSPS) is 10.7. The van der Waals surface area contributed by atoms with Crippen LogP contribution in [-0.2, 0) is 13.6 Å². The molecule has 0 aromatic carbocycles. The Morgan fingerprint density at radius 3 is 2.78 bits per heavy atom. The number of hydrogen-bond donors (Lipinski definition) is 0. The van der Waals surface area contributed by atoms with Crippen LogP contribution in [0, 0.1) is 0 Å². The summed E-state index contributed by atoms with van der Waals surface area (Å²) in [7, 11) is 3.60. The number of thiophene rings is 1. The number of aromatic nitrogens is 1. The van der Waals surface area contributed by atoms with Gasteiger partial charge in [-0.15, -0.1) is 11.3 Å². The van der Waals surface area contributed by atoms with Crippen molar-refractivity contribution in [2.24, 2.45) is 7.05 Å². The van der Waals surface area contributed by atoms with Gasteiger partial charge in [-0.1, -0.05) is 11.6 Å². The van der Waals surface area contributed by atoms with Gasteiger partial charge in [0.25, 0.3) is 5.91 Å². The van der Waals surface area contributed by atoms with Crippen molar-refractivity contribution >= 4 is 44.8 Å². The van der Waals surface area contributed by atoms with E-state index < -0.39 is 0 Å². The fourth-order valence-corrected chi connectivity index (χ4v) is 3.16. The molecule has 0 unspecified atom stereocenters. The lowest BCUT2D eigenvalue weighted by Crippen LogP contribution is -2.27. The standard InChI is InChI=1S/C12H12BrClN2OS/c1-15-6-9(14)4-10(15)12(17)16(2)5-8-3-11(13)18-7-8/h3-4,6-7H,5H2,1-2H3. The number of carbonyl (C=O) groups excluding carboxylic acids is 1. The van der Waals surface area contributed by atoms with Gasteiger partial charge >= 0.3 is 0 Å². The van der Waals surface area contributed by atoms with Gasteiger partial charge in [0.2, 0.25) is 0 Å². The lowest BCUT2D eigenvalue weighted by Gasteiger charge is -2.16. The molecule has 3 nitrogen and oxygen atoms in total. The average Bonchev–Trinajstić information content (AvgIpc) is 2.84. The van der Waals surface area contributed by atoms with E-state index in [2.05, 4.69) is 15.9 Å². The highest BCUT2D eigenvalue weighted by molar-refractivity contribution is 9.11. The third-order valence-corrected chi connectivity index (χ3v) is 4.34. The van der Waals surface area contributed by atoms with Crippen LogP contribution in [0.1, 0.15) is 16.1 Å². The number of amides is 1. The molecule has 0 aliphatic carbocycles. The minimum Gasteiger partial charge on any atom is -0.345 e. The quantitative estimate of drug-likeness (QED) is 0.829. The molecule has 2 aromatic rings. The van der Waals surface area contributed by atoms with E-state index in [9.17, 15) is 4.79 Å². The predicted molar refractivity (Wildman–Crippen MR) is 78.2 cm³/mol. The fourth-order valence-electron chi connectivity index (χ4n) is 1.71. The Labute approximate surface area is 123 Å². The van der Waals surface area contributed by atoms with Crippen LogP contribution in [0.3, 0.4) is 0 Å². The zero-order valence-corrected chi connectivity index (χ0v) is 13.1. The monoisotopic (exact) mass is 346 g/mol. The molecule has 2 heterocycles. The fraction of sp³-hybridized carbons (Fsp3) is 0.250. The van der Waals surface area contributed by atoms with E-state index in [1.807, 2.05) is 18.5 Å². The SMILES string of the molecule is CN(Cc1csc(Br)c1)C(=O)c1cc(Cl)cn1C. The smallest absolute Gasteiger partial charge is 0.270 e. The van der Waals surface area contributed by atoms with Crippen molar-refractivity contribution in [3.63, 3.8) is 0 Å². The topological polar surface area (TPSA) is 25.2 Å². The molecule has 0 bridgehead atoms. The summed E-state index contributed by atoms with van der Waals surface area (Å²) in [5.41, 5.74) is 1.71. The maximum Gasteiger partial charge on any atom is 0.270 e. The minimum atomic E-state index is -0.0354. The molecule has 0 atom stereocenters. The van der Waals surface area contributed by atoms with E-state index in [4.69, 9.17) is 11.6 Å². The predicted octanol–water partition coefficient (Wildman–Crippen LogP) is 3.77. The third kappa shape index (κ3) is 2.96. The summed E-state index contributed by atoms with van der Waals surface area (Å²) < 4.78 is 2.81. The Hall–Kier alpha value is -0.780. The summed E-state index contributed by atoms with van der Waals surface area (Å²) in [6.45, 7) is 0.587. The van der Waals surface area contributed by atoms with Gasteiger partial charge in [-0.05, 0) is 39.0 Å². The molecule has 0 radical (unpaired) electrons. The van der Waals surface area contributed by atoms with Gasteiger partial charge in [-0.25, -0.2) is 0 Å². The number of carbonyl (C=O) groups is 1. The third-order valence-electron chi connectivity index (χ3n) is 2.58. The molecule has 0 aliphatic rings. The Morgan fingerprint density at radius 1 is 1.56 bits per heavy atom. The first kappa shape index (κ1) is 13.6. The highest BCUT2D eigenvalue weighted by Gasteiger charge is 2.16. The van der Waals surface area contributed by atoms with Gasteiger partial charge in [0, 0.05) is 26.8 Å². The maximum atomic E-state index is 12.2. The Kier molecular flexibility index (Phi) is 4.14. The average molecular weight is 348 g/mol.